The lowest BCUT2D eigenvalue weighted by Crippen LogP contribution is -1.85. The Labute approximate surface area is 113 Å². The average molecular weight is 271 g/mol. The van der Waals surface area contributed by atoms with Gasteiger partial charge in [-0.05, 0) is 29.8 Å². The van der Waals surface area contributed by atoms with Crippen molar-refractivity contribution in [1.82, 2.24) is 9.97 Å². The fourth-order valence-electron chi connectivity index (χ4n) is 1.83. The van der Waals surface area contributed by atoms with E-state index < -0.39 is 0 Å². The van der Waals surface area contributed by atoms with Gasteiger partial charge in [-0.2, -0.15) is 0 Å². The molecule has 2 aromatic heterocycles. The molecule has 0 aliphatic rings. The number of anilines is 1. The standard InChI is InChI=1S/C14H10FN3S/c15-11-5-3-9(4-6-11)13-12(18-14(16)19-13)10-2-1-7-17-8-10/h1-8H,(H2,16,18). The second kappa shape index (κ2) is 4.78. The third-order valence-corrected chi connectivity index (χ3v) is 3.62. The van der Waals surface area contributed by atoms with Crippen LogP contribution in [0, 0.1) is 5.82 Å². The molecule has 0 saturated carbocycles. The Morgan fingerprint density at radius 3 is 2.53 bits per heavy atom. The highest BCUT2D eigenvalue weighted by Gasteiger charge is 2.13. The van der Waals surface area contributed by atoms with Gasteiger partial charge >= 0.3 is 0 Å². The van der Waals surface area contributed by atoms with Gasteiger partial charge in [-0.1, -0.05) is 23.5 Å². The van der Waals surface area contributed by atoms with E-state index in [-0.39, 0.29) is 5.82 Å². The molecular weight excluding hydrogens is 261 g/mol. The molecule has 3 rings (SSSR count). The summed E-state index contributed by atoms with van der Waals surface area (Å²) in [5, 5.41) is 0.484. The first-order valence-electron chi connectivity index (χ1n) is 5.66. The highest BCUT2D eigenvalue weighted by atomic mass is 32.1. The summed E-state index contributed by atoms with van der Waals surface area (Å²) in [7, 11) is 0. The summed E-state index contributed by atoms with van der Waals surface area (Å²) in [4.78, 5) is 9.35. The zero-order valence-electron chi connectivity index (χ0n) is 9.88. The lowest BCUT2D eigenvalue weighted by Gasteiger charge is -2.02. The van der Waals surface area contributed by atoms with Crippen LogP contribution in [0.2, 0.25) is 0 Å². The molecule has 3 nitrogen and oxygen atoms in total. The van der Waals surface area contributed by atoms with Gasteiger partial charge in [-0.25, -0.2) is 9.37 Å². The molecule has 2 N–H and O–H groups in total. The summed E-state index contributed by atoms with van der Waals surface area (Å²) in [6.45, 7) is 0. The van der Waals surface area contributed by atoms with Crippen molar-refractivity contribution in [1.29, 1.82) is 0 Å². The normalized spacial score (nSPS) is 10.6. The SMILES string of the molecule is Nc1nc(-c2cccnc2)c(-c2ccc(F)cc2)s1. The molecule has 0 spiro atoms. The number of pyridine rings is 1. The molecule has 5 heteroatoms. The first kappa shape index (κ1) is 11.8. The first-order chi connectivity index (χ1) is 9.24. The summed E-state index contributed by atoms with van der Waals surface area (Å²) < 4.78 is 13.0. The molecule has 0 aliphatic heterocycles. The summed E-state index contributed by atoms with van der Waals surface area (Å²) in [6, 6.07) is 10.1. The van der Waals surface area contributed by atoms with Gasteiger partial charge in [0.1, 0.15) is 5.82 Å². The van der Waals surface area contributed by atoms with Crippen LogP contribution in [0.5, 0.6) is 0 Å². The van der Waals surface area contributed by atoms with Crippen molar-refractivity contribution in [2.45, 2.75) is 0 Å². The number of nitrogen functional groups attached to an aromatic ring is 1. The van der Waals surface area contributed by atoms with Gasteiger partial charge in [0.05, 0.1) is 10.6 Å². The lowest BCUT2D eigenvalue weighted by molar-refractivity contribution is 0.628. The number of hydrogen-bond acceptors (Lipinski definition) is 4. The molecule has 0 atom stereocenters. The third kappa shape index (κ3) is 2.32. The van der Waals surface area contributed by atoms with Gasteiger partial charge in [-0.15, -0.1) is 0 Å². The van der Waals surface area contributed by atoms with E-state index >= 15 is 0 Å². The Morgan fingerprint density at radius 1 is 1.05 bits per heavy atom. The summed E-state index contributed by atoms with van der Waals surface area (Å²) >= 11 is 1.38. The van der Waals surface area contributed by atoms with Crippen LogP contribution in [0.15, 0.2) is 48.8 Å². The number of hydrogen-bond donors (Lipinski definition) is 1. The van der Waals surface area contributed by atoms with Crippen LogP contribution in [-0.4, -0.2) is 9.97 Å². The maximum absolute atomic E-state index is 13.0. The topological polar surface area (TPSA) is 51.8 Å². The van der Waals surface area contributed by atoms with Crippen LogP contribution in [-0.2, 0) is 0 Å². The van der Waals surface area contributed by atoms with Gasteiger partial charge in [-0.3, -0.25) is 4.98 Å². The van der Waals surface area contributed by atoms with Crippen molar-refractivity contribution in [3.63, 3.8) is 0 Å². The van der Waals surface area contributed by atoms with Crippen LogP contribution in [0.1, 0.15) is 0 Å². The van der Waals surface area contributed by atoms with E-state index in [4.69, 9.17) is 5.73 Å². The third-order valence-electron chi connectivity index (χ3n) is 2.69. The number of halogens is 1. The summed E-state index contributed by atoms with van der Waals surface area (Å²) in [5.74, 6) is -0.260. The highest BCUT2D eigenvalue weighted by Crippen LogP contribution is 2.37. The Balaban J connectivity index is 2.15. The maximum atomic E-state index is 13.0. The van der Waals surface area contributed by atoms with Crippen LogP contribution in [0.25, 0.3) is 21.7 Å². The minimum Gasteiger partial charge on any atom is -0.375 e. The molecule has 0 aliphatic carbocycles. The molecule has 0 bridgehead atoms. The van der Waals surface area contributed by atoms with Crippen LogP contribution in [0.4, 0.5) is 9.52 Å². The zero-order chi connectivity index (χ0) is 13.2. The van der Waals surface area contributed by atoms with Gasteiger partial charge < -0.3 is 5.73 Å². The molecular formula is C14H10FN3S. The average Bonchev–Trinajstić information content (AvgIpc) is 2.83. The van der Waals surface area contributed by atoms with Crippen molar-refractivity contribution in [3.8, 4) is 21.7 Å². The Bertz CT molecular complexity index is 692. The summed E-state index contributed by atoms with van der Waals surface area (Å²) in [5.41, 5.74) is 8.37. The number of nitrogens with zero attached hydrogens (tertiary/aromatic N) is 2. The van der Waals surface area contributed by atoms with Crippen LogP contribution < -0.4 is 5.73 Å². The van der Waals surface area contributed by atoms with E-state index in [9.17, 15) is 4.39 Å². The van der Waals surface area contributed by atoms with E-state index in [1.807, 2.05) is 12.1 Å². The smallest absolute Gasteiger partial charge is 0.181 e. The number of aromatic nitrogens is 2. The Hall–Kier alpha value is -2.27. The predicted octanol–water partition coefficient (Wildman–Crippen LogP) is 3.59. The van der Waals surface area contributed by atoms with E-state index in [0.29, 0.717) is 5.13 Å². The molecule has 0 unspecified atom stereocenters. The van der Waals surface area contributed by atoms with Crippen molar-refractivity contribution in [2.24, 2.45) is 0 Å². The van der Waals surface area contributed by atoms with Gasteiger partial charge in [0, 0.05) is 18.0 Å². The molecule has 1 aromatic carbocycles. The number of rotatable bonds is 2. The van der Waals surface area contributed by atoms with Crippen molar-refractivity contribution in [2.75, 3.05) is 5.73 Å². The number of benzene rings is 1. The van der Waals surface area contributed by atoms with E-state index in [2.05, 4.69) is 9.97 Å². The van der Waals surface area contributed by atoms with Crippen molar-refractivity contribution < 1.29 is 4.39 Å². The van der Waals surface area contributed by atoms with Crippen LogP contribution in [0.3, 0.4) is 0 Å². The first-order valence-corrected chi connectivity index (χ1v) is 6.48. The molecule has 0 fully saturated rings. The van der Waals surface area contributed by atoms with Crippen molar-refractivity contribution in [3.05, 3.63) is 54.6 Å². The Morgan fingerprint density at radius 2 is 1.84 bits per heavy atom. The molecule has 0 saturated heterocycles. The van der Waals surface area contributed by atoms with E-state index in [1.54, 1.807) is 24.5 Å². The monoisotopic (exact) mass is 271 g/mol. The molecule has 3 aromatic rings. The summed E-state index contributed by atoms with van der Waals surface area (Å²) in [6.07, 6.45) is 3.44. The lowest BCUT2D eigenvalue weighted by atomic mass is 10.1. The number of thiazole rings is 1. The van der Waals surface area contributed by atoms with Crippen LogP contribution >= 0.6 is 11.3 Å². The predicted molar refractivity (Wildman–Crippen MR) is 75.2 cm³/mol. The fraction of sp³-hybridized carbons (Fsp3) is 0. The second-order valence-corrected chi connectivity index (χ2v) is 5.01. The van der Waals surface area contributed by atoms with Crippen molar-refractivity contribution >= 4 is 16.5 Å². The number of nitrogens with two attached hydrogens (primary N) is 1. The van der Waals surface area contributed by atoms with E-state index in [0.717, 1.165) is 21.7 Å². The minimum absolute atomic E-state index is 0.260. The highest BCUT2D eigenvalue weighted by molar-refractivity contribution is 7.19. The fourth-order valence-corrected chi connectivity index (χ4v) is 2.69. The van der Waals surface area contributed by atoms with E-state index in [1.165, 1.54) is 23.5 Å². The molecule has 0 amide bonds. The van der Waals surface area contributed by atoms with Gasteiger partial charge in [0.2, 0.25) is 0 Å². The quantitative estimate of drug-likeness (QED) is 0.775. The molecule has 2 heterocycles. The minimum atomic E-state index is -0.260. The van der Waals surface area contributed by atoms with Gasteiger partial charge in [0.15, 0.2) is 5.13 Å². The molecule has 94 valence electrons. The molecule has 19 heavy (non-hydrogen) atoms. The largest absolute Gasteiger partial charge is 0.375 e. The maximum Gasteiger partial charge on any atom is 0.181 e. The Kier molecular flexibility index (Phi) is 2.97. The van der Waals surface area contributed by atoms with Gasteiger partial charge in [0.25, 0.3) is 0 Å². The molecule has 0 radical (unpaired) electrons. The zero-order valence-corrected chi connectivity index (χ0v) is 10.7. The second-order valence-electron chi connectivity index (χ2n) is 3.98.